The van der Waals surface area contributed by atoms with Crippen molar-refractivity contribution < 1.29 is 9.21 Å². The van der Waals surface area contributed by atoms with Gasteiger partial charge in [-0.15, -0.1) is 10.2 Å². The molecule has 7 heteroatoms. The number of amides is 1. The summed E-state index contributed by atoms with van der Waals surface area (Å²) in [5, 5.41) is 12.3. The van der Waals surface area contributed by atoms with E-state index in [2.05, 4.69) is 32.4 Å². The lowest BCUT2D eigenvalue weighted by Gasteiger charge is -2.60. The summed E-state index contributed by atoms with van der Waals surface area (Å²) in [4.78, 5) is 22.0. The molecule has 4 aliphatic rings. The third-order valence-electron chi connectivity index (χ3n) is 7.87. The molecule has 4 aliphatic carbocycles. The minimum Gasteiger partial charge on any atom is -0.420 e. The van der Waals surface area contributed by atoms with Gasteiger partial charge in [0.2, 0.25) is 11.8 Å². The molecule has 1 N–H and O–H groups in total. The molecule has 3 aromatic heterocycles. The number of rotatable bonds is 5. The number of pyridine rings is 2. The second-order valence-electron chi connectivity index (χ2n) is 10.4. The molecule has 0 aromatic carbocycles. The number of carbonyl (C=O) groups is 1. The van der Waals surface area contributed by atoms with Gasteiger partial charge in [0, 0.05) is 23.1 Å². The molecule has 0 aliphatic heterocycles. The second kappa shape index (κ2) is 7.47. The predicted octanol–water partition coefficient (Wildman–Crippen LogP) is 4.42. The first-order valence-electron chi connectivity index (χ1n) is 12.0. The van der Waals surface area contributed by atoms with Crippen molar-refractivity contribution in [2.45, 2.75) is 69.7 Å². The van der Waals surface area contributed by atoms with E-state index in [0.717, 1.165) is 61.4 Å². The van der Waals surface area contributed by atoms with E-state index in [1.54, 1.807) is 6.07 Å². The van der Waals surface area contributed by atoms with Crippen LogP contribution in [0.15, 0.2) is 40.9 Å². The van der Waals surface area contributed by atoms with Crippen LogP contribution in [0.4, 0.5) is 0 Å². The first-order chi connectivity index (χ1) is 16.0. The highest BCUT2D eigenvalue weighted by atomic mass is 16.4. The van der Waals surface area contributed by atoms with Crippen molar-refractivity contribution in [2.24, 2.45) is 11.8 Å². The topological polar surface area (TPSA) is 93.8 Å². The number of nitrogens with one attached hydrogen (secondary N) is 1. The zero-order valence-electron chi connectivity index (χ0n) is 19.2. The molecule has 0 saturated heterocycles. The van der Waals surface area contributed by atoms with Gasteiger partial charge in [0.25, 0.3) is 5.91 Å². The Morgan fingerprint density at radius 1 is 1.12 bits per heavy atom. The lowest BCUT2D eigenvalue weighted by molar-refractivity contribution is -0.0471. The fourth-order valence-electron chi connectivity index (χ4n) is 6.95. The fourth-order valence-corrected chi connectivity index (χ4v) is 6.95. The molecule has 0 radical (unpaired) electrons. The zero-order chi connectivity index (χ0) is 22.6. The van der Waals surface area contributed by atoms with Crippen molar-refractivity contribution in [3.8, 4) is 11.5 Å². The summed E-state index contributed by atoms with van der Waals surface area (Å²) < 4.78 is 6.29. The Bertz CT molecular complexity index is 1190. The molecule has 33 heavy (non-hydrogen) atoms. The predicted molar refractivity (Wildman–Crippen MR) is 122 cm³/mol. The van der Waals surface area contributed by atoms with Gasteiger partial charge in [-0.05, 0) is 88.0 Å². The molecule has 0 spiro atoms. The van der Waals surface area contributed by atoms with E-state index in [1.807, 2.05) is 37.4 Å². The highest BCUT2D eigenvalue weighted by molar-refractivity contribution is 5.92. The Labute approximate surface area is 193 Å². The van der Waals surface area contributed by atoms with Crippen LogP contribution in [0.5, 0.6) is 0 Å². The van der Waals surface area contributed by atoms with Crippen LogP contribution in [-0.2, 0) is 11.8 Å². The summed E-state index contributed by atoms with van der Waals surface area (Å²) in [6.07, 6.45) is 8.93. The Morgan fingerprint density at radius 3 is 2.64 bits per heavy atom. The molecular weight excluding hydrogens is 414 g/mol. The van der Waals surface area contributed by atoms with E-state index in [-0.39, 0.29) is 16.9 Å². The summed E-state index contributed by atoms with van der Waals surface area (Å²) in [6.45, 7) is 4.00. The van der Waals surface area contributed by atoms with Gasteiger partial charge < -0.3 is 9.73 Å². The van der Waals surface area contributed by atoms with Crippen LogP contribution in [-0.4, -0.2) is 31.6 Å². The van der Waals surface area contributed by atoms with Gasteiger partial charge in [-0.1, -0.05) is 13.0 Å². The molecule has 2 atom stereocenters. The van der Waals surface area contributed by atoms with Crippen molar-refractivity contribution in [3.05, 3.63) is 59.5 Å². The molecule has 3 aromatic rings. The summed E-state index contributed by atoms with van der Waals surface area (Å²) >= 11 is 0. The number of carbonyl (C=O) groups excluding carboxylic acids is 1. The normalized spacial score (nSPS) is 29.9. The van der Waals surface area contributed by atoms with Crippen LogP contribution in [0.25, 0.3) is 11.5 Å². The van der Waals surface area contributed by atoms with Crippen molar-refractivity contribution in [1.29, 1.82) is 0 Å². The maximum atomic E-state index is 13.1. The fraction of sp³-hybridized carbons (Fsp3) is 0.500. The summed E-state index contributed by atoms with van der Waals surface area (Å²) in [7, 11) is 0. The molecule has 4 fully saturated rings. The first-order valence-corrected chi connectivity index (χ1v) is 12.0. The van der Waals surface area contributed by atoms with Crippen molar-refractivity contribution >= 4 is 5.91 Å². The molecule has 170 valence electrons. The average molecular weight is 444 g/mol. The molecule has 4 bridgehead atoms. The SMILES string of the molecule is CCc1ccc(-c2nnc(C34CC5CC(CC(NC(=O)c6cccc(C)n6)(C5)C3)C4)o2)cn1. The van der Waals surface area contributed by atoms with Gasteiger partial charge >= 0.3 is 0 Å². The Balaban J connectivity index is 1.29. The van der Waals surface area contributed by atoms with Gasteiger partial charge in [-0.3, -0.25) is 9.78 Å². The Hall–Kier alpha value is -3.09. The smallest absolute Gasteiger partial charge is 0.270 e. The lowest BCUT2D eigenvalue weighted by atomic mass is 9.46. The van der Waals surface area contributed by atoms with Gasteiger partial charge in [0.1, 0.15) is 5.69 Å². The van der Waals surface area contributed by atoms with E-state index in [4.69, 9.17) is 4.42 Å². The van der Waals surface area contributed by atoms with E-state index in [1.165, 1.54) is 6.42 Å². The van der Waals surface area contributed by atoms with Gasteiger partial charge in [0.15, 0.2) is 0 Å². The Morgan fingerprint density at radius 2 is 1.94 bits per heavy atom. The summed E-state index contributed by atoms with van der Waals surface area (Å²) in [5.74, 6) is 2.30. The third-order valence-corrected chi connectivity index (χ3v) is 7.87. The van der Waals surface area contributed by atoms with Crippen LogP contribution < -0.4 is 5.32 Å². The minimum absolute atomic E-state index is 0.0795. The van der Waals surface area contributed by atoms with Crippen LogP contribution in [0, 0.1) is 18.8 Å². The monoisotopic (exact) mass is 443 g/mol. The second-order valence-corrected chi connectivity index (χ2v) is 10.4. The number of nitrogens with zero attached hydrogens (tertiary/aromatic N) is 4. The largest absolute Gasteiger partial charge is 0.420 e. The van der Waals surface area contributed by atoms with Crippen LogP contribution in [0.2, 0.25) is 0 Å². The number of aromatic nitrogens is 4. The Kier molecular flexibility index (Phi) is 4.64. The molecule has 7 rings (SSSR count). The maximum Gasteiger partial charge on any atom is 0.270 e. The minimum atomic E-state index is -0.231. The summed E-state index contributed by atoms with van der Waals surface area (Å²) in [5.41, 5.74) is 2.84. The standard InChI is InChI=1S/C26H29N5O2/c1-3-20-8-7-19(14-27-20)23-30-31-24(33-23)25-10-17-9-18(11-25)13-26(12-17,15-25)29-22(32)21-6-4-5-16(2)28-21/h4-8,14,17-18H,3,9-13,15H2,1-2H3,(H,29,32). The van der Waals surface area contributed by atoms with Gasteiger partial charge in [-0.2, -0.15) is 0 Å². The van der Waals surface area contributed by atoms with Crippen molar-refractivity contribution in [1.82, 2.24) is 25.5 Å². The van der Waals surface area contributed by atoms with Crippen LogP contribution in [0.1, 0.15) is 73.2 Å². The molecule has 2 unspecified atom stereocenters. The average Bonchev–Trinajstić information content (AvgIpc) is 3.29. The van der Waals surface area contributed by atoms with E-state index in [0.29, 0.717) is 23.4 Å². The highest BCUT2D eigenvalue weighted by Crippen LogP contribution is 2.62. The number of hydrogen-bond acceptors (Lipinski definition) is 6. The van der Waals surface area contributed by atoms with Crippen LogP contribution in [0.3, 0.4) is 0 Å². The molecular formula is C26H29N5O2. The lowest BCUT2D eigenvalue weighted by Crippen LogP contribution is -2.64. The molecule has 7 nitrogen and oxygen atoms in total. The number of hydrogen-bond donors (Lipinski definition) is 1. The third kappa shape index (κ3) is 3.54. The molecule has 3 heterocycles. The van der Waals surface area contributed by atoms with E-state index in [9.17, 15) is 4.79 Å². The van der Waals surface area contributed by atoms with Crippen LogP contribution >= 0.6 is 0 Å². The first kappa shape index (κ1) is 20.5. The van der Waals surface area contributed by atoms with Gasteiger partial charge in [-0.25, -0.2) is 4.98 Å². The molecule has 1 amide bonds. The molecule has 4 saturated carbocycles. The zero-order valence-corrected chi connectivity index (χ0v) is 19.2. The van der Waals surface area contributed by atoms with Crippen molar-refractivity contribution in [2.75, 3.05) is 0 Å². The van der Waals surface area contributed by atoms with Gasteiger partial charge in [0.05, 0.1) is 11.0 Å². The van der Waals surface area contributed by atoms with Crippen molar-refractivity contribution in [3.63, 3.8) is 0 Å². The summed E-state index contributed by atoms with van der Waals surface area (Å²) in [6, 6.07) is 9.60. The van der Waals surface area contributed by atoms with E-state index >= 15 is 0 Å². The maximum absolute atomic E-state index is 13.1. The van der Waals surface area contributed by atoms with E-state index < -0.39 is 0 Å². The highest BCUT2D eigenvalue weighted by Gasteiger charge is 2.60. The quantitative estimate of drug-likeness (QED) is 0.627. The number of aryl methyl sites for hydroxylation is 2.